The number of esters is 1. The molecule has 0 saturated carbocycles. The molecular formula is C28H24ClNO6S. The summed E-state index contributed by atoms with van der Waals surface area (Å²) in [5.41, 5.74) is 2.98. The number of thioether (sulfide) groups is 1. The lowest BCUT2D eigenvalue weighted by atomic mass is 10.1. The van der Waals surface area contributed by atoms with Crippen LogP contribution in [0.4, 0.5) is 4.79 Å². The summed E-state index contributed by atoms with van der Waals surface area (Å²) in [4.78, 5) is 39.1. The Bertz CT molecular complexity index is 1390. The zero-order valence-corrected chi connectivity index (χ0v) is 22.0. The number of aryl methyl sites for hydroxylation is 2. The fraction of sp³-hybridized carbons (Fsp3) is 0.179. The molecule has 3 aromatic carbocycles. The monoisotopic (exact) mass is 537 g/mol. The molecule has 0 radical (unpaired) electrons. The Kier molecular flexibility index (Phi) is 8.21. The van der Waals surface area contributed by atoms with Crippen LogP contribution in [-0.2, 0) is 4.79 Å². The Labute approximate surface area is 224 Å². The molecule has 2 amide bonds. The molecule has 1 saturated heterocycles. The minimum absolute atomic E-state index is 0.135. The summed E-state index contributed by atoms with van der Waals surface area (Å²) in [6, 6.07) is 17.1. The van der Waals surface area contributed by atoms with Gasteiger partial charge >= 0.3 is 5.97 Å². The standard InChI is InChI=1S/C28H24ClNO6S/c1-17-4-5-18(2)24(14-17)35-13-12-30-26(31)25(37-28(30)33)16-19-6-11-23(22(29)15-19)36-27(32)20-7-9-21(34-3)10-8-20/h4-11,14-16H,12-13H2,1-3H3/b25-16-. The predicted molar refractivity (Wildman–Crippen MR) is 143 cm³/mol. The molecule has 190 valence electrons. The molecule has 7 nitrogen and oxygen atoms in total. The fourth-order valence-corrected chi connectivity index (χ4v) is 4.62. The highest BCUT2D eigenvalue weighted by atomic mass is 35.5. The maximum absolute atomic E-state index is 12.8. The first kappa shape index (κ1) is 26.3. The van der Waals surface area contributed by atoms with Crippen LogP contribution in [0.2, 0.25) is 5.02 Å². The molecule has 4 rings (SSSR count). The lowest BCUT2D eigenvalue weighted by Crippen LogP contribution is -2.32. The largest absolute Gasteiger partial charge is 0.497 e. The highest BCUT2D eigenvalue weighted by Crippen LogP contribution is 2.34. The highest BCUT2D eigenvalue weighted by molar-refractivity contribution is 8.18. The van der Waals surface area contributed by atoms with Gasteiger partial charge in [-0.25, -0.2) is 4.79 Å². The van der Waals surface area contributed by atoms with Gasteiger partial charge in [0.15, 0.2) is 0 Å². The smallest absolute Gasteiger partial charge is 0.343 e. The van der Waals surface area contributed by atoms with Crippen molar-refractivity contribution in [1.82, 2.24) is 4.90 Å². The predicted octanol–water partition coefficient (Wildman–Crippen LogP) is 6.30. The third kappa shape index (κ3) is 6.34. The van der Waals surface area contributed by atoms with Gasteiger partial charge in [-0.3, -0.25) is 14.5 Å². The van der Waals surface area contributed by atoms with Gasteiger partial charge in [0.2, 0.25) is 0 Å². The van der Waals surface area contributed by atoms with Crippen LogP contribution in [0.5, 0.6) is 17.2 Å². The summed E-state index contributed by atoms with van der Waals surface area (Å²) in [7, 11) is 1.54. The topological polar surface area (TPSA) is 82.1 Å². The van der Waals surface area contributed by atoms with Gasteiger partial charge in [-0.05, 0) is 90.8 Å². The van der Waals surface area contributed by atoms with Crippen LogP contribution in [0.25, 0.3) is 6.08 Å². The second-order valence-corrected chi connectivity index (χ2v) is 9.66. The number of benzene rings is 3. The summed E-state index contributed by atoms with van der Waals surface area (Å²) in [5, 5.41) is -0.172. The van der Waals surface area contributed by atoms with Gasteiger partial charge in [0.25, 0.3) is 11.1 Å². The number of methoxy groups -OCH3 is 1. The third-order valence-corrected chi connectivity index (χ3v) is 6.77. The van der Waals surface area contributed by atoms with Gasteiger partial charge in [-0.15, -0.1) is 0 Å². The van der Waals surface area contributed by atoms with Gasteiger partial charge < -0.3 is 14.2 Å². The Morgan fingerprint density at radius 2 is 1.76 bits per heavy atom. The number of carbonyl (C=O) groups is 3. The lowest BCUT2D eigenvalue weighted by Gasteiger charge is -2.14. The fourth-order valence-electron chi connectivity index (χ4n) is 3.53. The van der Waals surface area contributed by atoms with Crippen molar-refractivity contribution in [3.05, 3.63) is 92.8 Å². The first-order valence-electron chi connectivity index (χ1n) is 11.4. The number of rotatable bonds is 8. The number of carbonyl (C=O) groups excluding carboxylic acids is 3. The van der Waals surface area contributed by atoms with Crippen LogP contribution in [0.15, 0.2) is 65.6 Å². The number of nitrogens with zero attached hydrogens (tertiary/aromatic N) is 1. The normalized spacial score (nSPS) is 14.3. The van der Waals surface area contributed by atoms with E-state index in [1.54, 1.807) is 42.5 Å². The number of amides is 2. The Balaban J connectivity index is 1.39. The number of hydrogen-bond donors (Lipinski definition) is 0. The van der Waals surface area contributed by atoms with Crippen molar-refractivity contribution in [2.24, 2.45) is 0 Å². The molecule has 1 heterocycles. The van der Waals surface area contributed by atoms with E-state index in [0.29, 0.717) is 16.9 Å². The van der Waals surface area contributed by atoms with Crippen molar-refractivity contribution in [2.45, 2.75) is 13.8 Å². The zero-order chi connectivity index (χ0) is 26.5. The van der Waals surface area contributed by atoms with Gasteiger partial charge in [0.05, 0.1) is 29.1 Å². The lowest BCUT2D eigenvalue weighted by molar-refractivity contribution is -0.123. The Morgan fingerprint density at radius 1 is 1.00 bits per heavy atom. The van der Waals surface area contributed by atoms with Gasteiger partial charge in [-0.1, -0.05) is 29.8 Å². The van der Waals surface area contributed by atoms with Crippen molar-refractivity contribution in [3.63, 3.8) is 0 Å². The molecule has 37 heavy (non-hydrogen) atoms. The van der Waals surface area contributed by atoms with E-state index in [-0.39, 0.29) is 34.1 Å². The number of halogens is 1. The molecule has 1 aliphatic heterocycles. The Morgan fingerprint density at radius 3 is 2.46 bits per heavy atom. The highest BCUT2D eigenvalue weighted by Gasteiger charge is 2.34. The van der Waals surface area contributed by atoms with Gasteiger partial charge in [0.1, 0.15) is 23.9 Å². The summed E-state index contributed by atoms with van der Waals surface area (Å²) < 4.78 is 16.3. The summed E-state index contributed by atoms with van der Waals surface area (Å²) in [5.74, 6) is 0.561. The van der Waals surface area contributed by atoms with Crippen molar-refractivity contribution in [2.75, 3.05) is 20.3 Å². The average molecular weight is 538 g/mol. The molecule has 1 fully saturated rings. The van der Waals surface area contributed by atoms with Crippen LogP contribution in [0, 0.1) is 13.8 Å². The maximum atomic E-state index is 12.8. The summed E-state index contributed by atoms with van der Waals surface area (Å²) in [6.07, 6.45) is 1.58. The first-order chi connectivity index (χ1) is 17.7. The number of ether oxygens (including phenoxy) is 3. The third-order valence-electron chi connectivity index (χ3n) is 5.57. The van der Waals surface area contributed by atoms with Crippen LogP contribution in [0.1, 0.15) is 27.0 Å². The van der Waals surface area contributed by atoms with E-state index in [1.807, 2.05) is 32.0 Å². The molecule has 1 aliphatic rings. The van der Waals surface area contributed by atoms with Crippen molar-refractivity contribution < 1.29 is 28.6 Å². The van der Waals surface area contributed by atoms with Crippen molar-refractivity contribution in [1.29, 1.82) is 0 Å². The maximum Gasteiger partial charge on any atom is 0.343 e. The average Bonchev–Trinajstić information content (AvgIpc) is 3.15. The molecule has 0 N–H and O–H groups in total. The first-order valence-corrected chi connectivity index (χ1v) is 12.6. The molecule has 0 bridgehead atoms. The SMILES string of the molecule is COc1ccc(C(=O)Oc2ccc(/C=C3\SC(=O)N(CCOc4cc(C)ccc4C)C3=O)cc2Cl)cc1. The van der Waals surface area contributed by atoms with E-state index in [2.05, 4.69) is 0 Å². The van der Waals surface area contributed by atoms with E-state index >= 15 is 0 Å². The van der Waals surface area contributed by atoms with E-state index in [0.717, 1.165) is 33.5 Å². The van der Waals surface area contributed by atoms with E-state index in [4.69, 9.17) is 25.8 Å². The molecular weight excluding hydrogens is 514 g/mol. The van der Waals surface area contributed by atoms with E-state index in [1.165, 1.54) is 13.2 Å². The molecule has 0 aromatic heterocycles. The Hall–Kier alpha value is -3.75. The van der Waals surface area contributed by atoms with Gasteiger partial charge in [-0.2, -0.15) is 0 Å². The zero-order valence-electron chi connectivity index (χ0n) is 20.4. The second kappa shape index (κ2) is 11.5. The van der Waals surface area contributed by atoms with Crippen molar-refractivity contribution >= 4 is 46.6 Å². The molecule has 0 unspecified atom stereocenters. The van der Waals surface area contributed by atoms with Crippen LogP contribution in [-0.4, -0.2) is 42.3 Å². The molecule has 9 heteroatoms. The molecule has 0 aliphatic carbocycles. The number of imide groups is 1. The molecule has 0 atom stereocenters. The van der Waals surface area contributed by atoms with Crippen LogP contribution >= 0.6 is 23.4 Å². The summed E-state index contributed by atoms with van der Waals surface area (Å²) in [6.45, 7) is 4.23. The van der Waals surface area contributed by atoms with Gasteiger partial charge in [0, 0.05) is 0 Å². The molecule has 0 spiro atoms. The second-order valence-electron chi connectivity index (χ2n) is 8.26. The quantitative estimate of drug-likeness (QED) is 0.189. The minimum atomic E-state index is -0.568. The number of hydrogen-bond acceptors (Lipinski definition) is 7. The minimum Gasteiger partial charge on any atom is -0.497 e. The summed E-state index contributed by atoms with van der Waals surface area (Å²) >= 11 is 7.18. The molecule has 3 aromatic rings. The van der Waals surface area contributed by atoms with E-state index < -0.39 is 11.9 Å². The van der Waals surface area contributed by atoms with E-state index in [9.17, 15) is 14.4 Å². The van der Waals surface area contributed by atoms with Crippen LogP contribution in [0.3, 0.4) is 0 Å². The van der Waals surface area contributed by atoms with Crippen molar-refractivity contribution in [3.8, 4) is 17.2 Å². The van der Waals surface area contributed by atoms with Crippen LogP contribution < -0.4 is 14.2 Å².